The SMILES string of the molecule is O=C(O)C(=O)Cc1c(F)cc(Cl)cc1Br. The summed E-state index contributed by atoms with van der Waals surface area (Å²) in [6, 6.07) is 2.42. The first-order valence-electron chi connectivity index (χ1n) is 3.81. The number of aliphatic carboxylic acids is 1. The fourth-order valence-corrected chi connectivity index (χ4v) is 1.89. The topological polar surface area (TPSA) is 54.4 Å². The van der Waals surface area contributed by atoms with Crippen LogP contribution in [0.2, 0.25) is 5.02 Å². The molecule has 0 atom stereocenters. The van der Waals surface area contributed by atoms with Crippen molar-refractivity contribution < 1.29 is 19.1 Å². The Hall–Kier alpha value is -0.940. The minimum Gasteiger partial charge on any atom is -0.475 e. The molecular weight excluding hydrogens is 290 g/mol. The average Bonchev–Trinajstić information content (AvgIpc) is 2.10. The molecule has 0 spiro atoms. The van der Waals surface area contributed by atoms with Crippen LogP contribution in [0.15, 0.2) is 16.6 Å². The molecule has 1 aromatic rings. The highest BCUT2D eigenvalue weighted by Crippen LogP contribution is 2.25. The van der Waals surface area contributed by atoms with Gasteiger partial charge in [0.2, 0.25) is 5.78 Å². The van der Waals surface area contributed by atoms with Gasteiger partial charge < -0.3 is 5.11 Å². The van der Waals surface area contributed by atoms with E-state index in [1.54, 1.807) is 0 Å². The van der Waals surface area contributed by atoms with Crippen molar-refractivity contribution in [2.75, 3.05) is 0 Å². The Balaban J connectivity index is 3.05. The smallest absolute Gasteiger partial charge is 0.372 e. The number of carboxylic acid groups (broad SMARTS) is 1. The van der Waals surface area contributed by atoms with Gasteiger partial charge in [0.25, 0.3) is 0 Å². The van der Waals surface area contributed by atoms with E-state index in [9.17, 15) is 14.0 Å². The van der Waals surface area contributed by atoms with Crippen LogP contribution in [0.3, 0.4) is 0 Å². The monoisotopic (exact) mass is 294 g/mol. The van der Waals surface area contributed by atoms with Crippen molar-refractivity contribution in [3.8, 4) is 0 Å². The van der Waals surface area contributed by atoms with Gasteiger partial charge in [-0.05, 0) is 12.1 Å². The van der Waals surface area contributed by atoms with Gasteiger partial charge in [-0.3, -0.25) is 4.79 Å². The van der Waals surface area contributed by atoms with E-state index >= 15 is 0 Å². The second kappa shape index (κ2) is 4.72. The van der Waals surface area contributed by atoms with Gasteiger partial charge in [-0.25, -0.2) is 9.18 Å². The van der Waals surface area contributed by atoms with Crippen LogP contribution in [0.1, 0.15) is 5.56 Å². The zero-order chi connectivity index (χ0) is 11.6. The number of rotatable bonds is 3. The molecule has 0 fully saturated rings. The van der Waals surface area contributed by atoms with Gasteiger partial charge in [0.1, 0.15) is 5.82 Å². The number of hydrogen-bond donors (Lipinski definition) is 1. The summed E-state index contributed by atoms with van der Waals surface area (Å²) >= 11 is 8.56. The van der Waals surface area contributed by atoms with Gasteiger partial charge in [-0.2, -0.15) is 0 Å². The number of halogens is 3. The van der Waals surface area contributed by atoms with Crippen molar-refractivity contribution >= 4 is 39.3 Å². The molecule has 15 heavy (non-hydrogen) atoms. The molecule has 1 rings (SSSR count). The Morgan fingerprint density at radius 3 is 2.53 bits per heavy atom. The van der Waals surface area contributed by atoms with E-state index < -0.39 is 24.0 Å². The number of Topliss-reactive ketones (excluding diaryl/α,β-unsaturated/α-hetero) is 1. The van der Waals surface area contributed by atoms with Crippen LogP contribution < -0.4 is 0 Å². The van der Waals surface area contributed by atoms with Crippen LogP contribution in [-0.2, 0) is 16.0 Å². The molecule has 80 valence electrons. The lowest BCUT2D eigenvalue weighted by molar-refractivity contribution is -0.148. The molecule has 0 aromatic heterocycles. The summed E-state index contributed by atoms with van der Waals surface area (Å²) in [6.07, 6.45) is -0.501. The van der Waals surface area contributed by atoms with Gasteiger partial charge >= 0.3 is 5.97 Å². The van der Waals surface area contributed by atoms with Gasteiger partial charge in [0, 0.05) is 21.5 Å². The van der Waals surface area contributed by atoms with Gasteiger partial charge in [-0.15, -0.1) is 0 Å². The summed E-state index contributed by atoms with van der Waals surface area (Å²) in [5.41, 5.74) is -0.00759. The highest BCUT2D eigenvalue weighted by molar-refractivity contribution is 9.10. The zero-order valence-corrected chi connectivity index (χ0v) is 9.60. The molecule has 3 nitrogen and oxygen atoms in total. The Morgan fingerprint density at radius 1 is 1.47 bits per heavy atom. The van der Waals surface area contributed by atoms with Crippen molar-refractivity contribution in [1.29, 1.82) is 0 Å². The molecule has 0 aliphatic rings. The zero-order valence-electron chi connectivity index (χ0n) is 7.26. The fourth-order valence-electron chi connectivity index (χ4n) is 0.977. The molecule has 0 aliphatic heterocycles. The first-order valence-corrected chi connectivity index (χ1v) is 4.98. The van der Waals surface area contributed by atoms with Crippen LogP contribution in [0.5, 0.6) is 0 Å². The lowest BCUT2D eigenvalue weighted by Crippen LogP contribution is -2.16. The Kier molecular flexibility index (Phi) is 3.82. The summed E-state index contributed by atoms with van der Waals surface area (Å²) in [7, 11) is 0. The third kappa shape index (κ3) is 3.00. The summed E-state index contributed by atoms with van der Waals surface area (Å²) in [6.45, 7) is 0. The predicted octanol–water partition coefficient (Wildman–Crippen LogP) is 2.44. The number of carbonyl (C=O) groups excluding carboxylic acids is 1. The van der Waals surface area contributed by atoms with Gasteiger partial charge in [-0.1, -0.05) is 27.5 Å². The molecule has 0 radical (unpaired) electrons. The highest BCUT2D eigenvalue weighted by atomic mass is 79.9. The molecular formula is C9H5BrClFO3. The first kappa shape index (κ1) is 12.1. The second-order valence-electron chi connectivity index (χ2n) is 2.75. The number of ketones is 1. The summed E-state index contributed by atoms with van der Waals surface area (Å²) in [5, 5.41) is 8.54. The maximum Gasteiger partial charge on any atom is 0.372 e. The molecule has 0 heterocycles. The van der Waals surface area contributed by atoms with Crippen molar-refractivity contribution in [3.05, 3.63) is 33.0 Å². The van der Waals surface area contributed by atoms with Crippen LogP contribution in [0.25, 0.3) is 0 Å². The number of carboxylic acids is 1. The molecule has 0 aliphatic carbocycles. The molecule has 0 saturated heterocycles. The number of carbonyl (C=O) groups is 2. The van der Waals surface area contributed by atoms with E-state index in [0.29, 0.717) is 0 Å². The minimum atomic E-state index is -1.59. The standard InChI is InChI=1S/C9H5BrClFO3/c10-6-1-4(11)2-7(12)5(6)3-8(13)9(14)15/h1-2H,3H2,(H,14,15). The minimum absolute atomic E-state index is 0.00759. The first-order chi connectivity index (χ1) is 6.91. The molecule has 1 aromatic carbocycles. The van der Waals surface area contributed by atoms with Crippen molar-refractivity contribution in [3.63, 3.8) is 0 Å². The molecule has 0 saturated carbocycles. The van der Waals surface area contributed by atoms with Crippen molar-refractivity contribution in [2.24, 2.45) is 0 Å². The lowest BCUT2D eigenvalue weighted by Gasteiger charge is -2.04. The quantitative estimate of drug-likeness (QED) is 0.871. The molecule has 0 amide bonds. The highest BCUT2D eigenvalue weighted by Gasteiger charge is 2.17. The molecule has 1 N–H and O–H groups in total. The Morgan fingerprint density at radius 2 is 2.07 bits per heavy atom. The second-order valence-corrected chi connectivity index (χ2v) is 4.04. The van der Waals surface area contributed by atoms with E-state index in [-0.39, 0.29) is 15.1 Å². The van der Waals surface area contributed by atoms with Crippen LogP contribution in [-0.4, -0.2) is 16.9 Å². The van der Waals surface area contributed by atoms with Crippen LogP contribution in [0.4, 0.5) is 4.39 Å². The van der Waals surface area contributed by atoms with Crippen molar-refractivity contribution in [2.45, 2.75) is 6.42 Å². The summed E-state index contributed by atoms with van der Waals surface area (Å²) in [5.74, 6) is -3.36. The largest absolute Gasteiger partial charge is 0.475 e. The number of benzene rings is 1. The van der Waals surface area contributed by atoms with Crippen LogP contribution >= 0.6 is 27.5 Å². The van der Waals surface area contributed by atoms with Gasteiger partial charge in [0.15, 0.2) is 0 Å². The molecule has 0 bridgehead atoms. The van der Waals surface area contributed by atoms with Gasteiger partial charge in [0.05, 0.1) is 0 Å². The average molecular weight is 295 g/mol. The van der Waals surface area contributed by atoms with E-state index in [2.05, 4.69) is 15.9 Å². The van der Waals surface area contributed by atoms with E-state index in [4.69, 9.17) is 16.7 Å². The Labute approximate surface area is 98.0 Å². The summed E-state index contributed by atoms with van der Waals surface area (Å²) in [4.78, 5) is 21.2. The van der Waals surface area contributed by atoms with E-state index in [1.807, 2.05) is 0 Å². The predicted molar refractivity (Wildman–Crippen MR) is 55.5 cm³/mol. The normalized spacial score (nSPS) is 10.1. The molecule has 6 heteroatoms. The van der Waals surface area contributed by atoms with Crippen molar-refractivity contribution in [1.82, 2.24) is 0 Å². The maximum absolute atomic E-state index is 13.3. The molecule has 0 unspecified atom stereocenters. The van der Waals surface area contributed by atoms with E-state index in [0.717, 1.165) is 6.07 Å². The third-order valence-corrected chi connectivity index (χ3v) is 2.61. The fraction of sp³-hybridized carbons (Fsp3) is 0.111. The Bertz CT molecular complexity index is 410. The number of hydrogen-bond acceptors (Lipinski definition) is 2. The van der Waals surface area contributed by atoms with Crippen LogP contribution in [0, 0.1) is 5.82 Å². The maximum atomic E-state index is 13.3. The van der Waals surface area contributed by atoms with E-state index in [1.165, 1.54) is 6.07 Å². The lowest BCUT2D eigenvalue weighted by atomic mass is 10.1. The third-order valence-electron chi connectivity index (χ3n) is 1.68. The summed E-state index contributed by atoms with van der Waals surface area (Å²) < 4.78 is 13.6.